The maximum atomic E-state index is 13.4. The third-order valence-electron chi connectivity index (χ3n) is 5.82. The number of rotatable bonds is 8. The molecule has 0 saturated heterocycles. The van der Waals surface area contributed by atoms with E-state index in [1.807, 2.05) is 13.8 Å². The van der Waals surface area contributed by atoms with Gasteiger partial charge >= 0.3 is 5.97 Å². The summed E-state index contributed by atoms with van der Waals surface area (Å²) in [4.78, 5) is 39.8. The molecular weight excluding hydrogens is 435 g/mol. The lowest BCUT2D eigenvalue weighted by Crippen LogP contribution is -2.38. The van der Waals surface area contributed by atoms with Gasteiger partial charge in [-0.3, -0.25) is 9.59 Å². The van der Waals surface area contributed by atoms with Gasteiger partial charge in [-0.15, -0.1) is 0 Å². The van der Waals surface area contributed by atoms with Gasteiger partial charge in [-0.1, -0.05) is 38.1 Å². The number of hydrogen-bond acceptors (Lipinski definition) is 4. The van der Waals surface area contributed by atoms with Crippen molar-refractivity contribution in [3.63, 3.8) is 0 Å². The number of amides is 2. The molecule has 1 heterocycles. The zero-order chi connectivity index (χ0) is 24.8. The molecule has 2 aromatic rings. The molecule has 0 saturated carbocycles. The second-order valence-corrected chi connectivity index (χ2v) is 8.81. The van der Waals surface area contributed by atoms with Gasteiger partial charge in [-0.25, -0.2) is 9.18 Å². The molecule has 2 aromatic carbocycles. The maximum absolute atomic E-state index is 13.4. The van der Waals surface area contributed by atoms with Crippen LogP contribution < -0.4 is 5.32 Å². The average molecular weight is 467 g/mol. The smallest absolute Gasteiger partial charge is 0.336 e. The van der Waals surface area contributed by atoms with Crippen LogP contribution in [-0.2, 0) is 20.9 Å². The van der Waals surface area contributed by atoms with Crippen LogP contribution in [0.2, 0.25) is 0 Å². The predicted molar refractivity (Wildman–Crippen MR) is 127 cm³/mol. The Morgan fingerprint density at radius 2 is 1.76 bits per heavy atom. The van der Waals surface area contributed by atoms with Crippen molar-refractivity contribution in [1.82, 2.24) is 10.2 Å². The highest BCUT2D eigenvalue weighted by Gasteiger charge is 2.36. The lowest BCUT2D eigenvalue weighted by Gasteiger charge is -2.34. The number of benzene rings is 2. The second-order valence-electron chi connectivity index (χ2n) is 8.81. The zero-order valence-corrected chi connectivity index (χ0v) is 20.1. The van der Waals surface area contributed by atoms with Gasteiger partial charge in [0.1, 0.15) is 5.82 Å². The van der Waals surface area contributed by atoms with E-state index in [1.54, 1.807) is 55.1 Å². The van der Waals surface area contributed by atoms with Gasteiger partial charge in [0.15, 0.2) is 0 Å². The fourth-order valence-electron chi connectivity index (χ4n) is 4.00. The Kier molecular flexibility index (Phi) is 8.21. The Morgan fingerprint density at radius 3 is 2.35 bits per heavy atom. The number of ether oxygens (including phenoxy) is 1. The van der Waals surface area contributed by atoms with Gasteiger partial charge in [0.2, 0.25) is 5.91 Å². The summed E-state index contributed by atoms with van der Waals surface area (Å²) in [5.74, 6) is -1.29. The zero-order valence-electron chi connectivity index (χ0n) is 20.1. The van der Waals surface area contributed by atoms with Crippen LogP contribution in [0.4, 0.5) is 4.39 Å². The number of esters is 1. The van der Waals surface area contributed by atoms with Crippen LogP contribution in [0, 0.1) is 11.7 Å². The molecule has 1 aliphatic heterocycles. The maximum Gasteiger partial charge on any atom is 0.336 e. The molecule has 2 amide bonds. The minimum Gasteiger partial charge on any atom is -0.463 e. The summed E-state index contributed by atoms with van der Waals surface area (Å²) in [5.41, 5.74) is 2.98. The van der Waals surface area contributed by atoms with Crippen LogP contribution in [0.3, 0.4) is 0 Å². The van der Waals surface area contributed by atoms with Crippen molar-refractivity contribution in [2.45, 2.75) is 46.6 Å². The normalized spacial score (nSPS) is 16.1. The van der Waals surface area contributed by atoms with Gasteiger partial charge < -0.3 is 15.0 Å². The fraction of sp³-hybridized carbons (Fsp3) is 0.370. The molecule has 34 heavy (non-hydrogen) atoms. The molecule has 0 spiro atoms. The third kappa shape index (κ3) is 5.90. The fourth-order valence-corrected chi connectivity index (χ4v) is 4.00. The molecule has 0 aliphatic carbocycles. The monoisotopic (exact) mass is 466 g/mol. The predicted octanol–water partition coefficient (Wildman–Crippen LogP) is 4.56. The summed E-state index contributed by atoms with van der Waals surface area (Å²) in [7, 11) is 0. The number of halogens is 1. The van der Waals surface area contributed by atoms with E-state index in [0.29, 0.717) is 34.9 Å². The number of carbonyl (C=O) groups is 3. The first-order chi connectivity index (χ1) is 16.2. The number of nitrogens with one attached hydrogen (secondary N) is 1. The van der Waals surface area contributed by atoms with E-state index in [2.05, 4.69) is 5.32 Å². The Balaban J connectivity index is 1.86. The van der Waals surface area contributed by atoms with Crippen LogP contribution in [0.1, 0.15) is 61.5 Å². The van der Waals surface area contributed by atoms with Crippen LogP contribution in [0.5, 0.6) is 0 Å². The lowest BCUT2D eigenvalue weighted by atomic mass is 9.83. The number of nitrogens with zero attached hydrogens (tertiary/aromatic N) is 1. The van der Waals surface area contributed by atoms with E-state index in [0.717, 1.165) is 5.56 Å². The minimum atomic E-state index is -0.504. The van der Waals surface area contributed by atoms with Crippen molar-refractivity contribution in [2.75, 3.05) is 13.2 Å². The highest BCUT2D eigenvalue weighted by atomic mass is 19.1. The van der Waals surface area contributed by atoms with Crippen LogP contribution in [0.15, 0.2) is 59.8 Å². The molecule has 7 heteroatoms. The van der Waals surface area contributed by atoms with Gasteiger partial charge in [0, 0.05) is 30.1 Å². The second kappa shape index (κ2) is 11.1. The summed E-state index contributed by atoms with van der Waals surface area (Å²) >= 11 is 0. The molecule has 0 aromatic heterocycles. The van der Waals surface area contributed by atoms with Crippen molar-refractivity contribution in [2.24, 2.45) is 5.92 Å². The minimum absolute atomic E-state index is 0.0762. The quantitative estimate of drug-likeness (QED) is 0.579. The highest BCUT2D eigenvalue weighted by molar-refractivity contribution is 5.96. The molecule has 1 atom stereocenters. The van der Waals surface area contributed by atoms with Crippen LogP contribution in [-0.4, -0.2) is 35.8 Å². The van der Waals surface area contributed by atoms with Crippen molar-refractivity contribution >= 4 is 17.8 Å². The Bertz CT molecular complexity index is 1070. The molecule has 1 N–H and O–H groups in total. The van der Waals surface area contributed by atoms with E-state index >= 15 is 0 Å². The first-order valence-corrected chi connectivity index (χ1v) is 11.5. The standard InChI is InChI=1S/C27H31FN2O4/c1-5-34-27(33)25-18(4)30(24(31)14-23(25)20-10-12-22(28)13-11-20)16-19-6-8-21(9-7-19)26(32)29-15-17(2)3/h6-13,17,23H,5,14-16H2,1-4H3,(H,29,32). The molecule has 1 aliphatic rings. The molecule has 0 fully saturated rings. The first kappa shape index (κ1) is 25.1. The number of hydrogen-bond donors (Lipinski definition) is 1. The number of allylic oxidation sites excluding steroid dienone is 1. The van der Waals surface area contributed by atoms with Crippen molar-refractivity contribution < 1.29 is 23.5 Å². The summed E-state index contributed by atoms with van der Waals surface area (Å²) < 4.78 is 18.7. The summed E-state index contributed by atoms with van der Waals surface area (Å²) in [6.45, 7) is 8.58. The van der Waals surface area contributed by atoms with Crippen molar-refractivity contribution in [3.8, 4) is 0 Å². The molecule has 0 radical (unpaired) electrons. The summed E-state index contributed by atoms with van der Waals surface area (Å²) in [5, 5.41) is 2.88. The topological polar surface area (TPSA) is 75.7 Å². The van der Waals surface area contributed by atoms with E-state index in [-0.39, 0.29) is 37.2 Å². The summed E-state index contributed by atoms with van der Waals surface area (Å²) in [6, 6.07) is 12.9. The Labute approximate surface area is 199 Å². The first-order valence-electron chi connectivity index (χ1n) is 11.5. The van der Waals surface area contributed by atoms with Crippen molar-refractivity contribution in [3.05, 3.63) is 82.3 Å². The van der Waals surface area contributed by atoms with E-state index in [4.69, 9.17) is 4.74 Å². The molecule has 0 bridgehead atoms. The molecule has 3 rings (SSSR count). The largest absolute Gasteiger partial charge is 0.463 e. The third-order valence-corrected chi connectivity index (χ3v) is 5.82. The van der Waals surface area contributed by atoms with E-state index in [1.165, 1.54) is 12.1 Å². The molecule has 6 nitrogen and oxygen atoms in total. The molecule has 1 unspecified atom stereocenters. The molecule has 180 valence electrons. The van der Waals surface area contributed by atoms with Gasteiger partial charge in [-0.2, -0.15) is 0 Å². The van der Waals surface area contributed by atoms with Gasteiger partial charge in [0.25, 0.3) is 5.91 Å². The Hall–Kier alpha value is -3.48. The van der Waals surface area contributed by atoms with Crippen LogP contribution >= 0.6 is 0 Å². The number of carbonyl (C=O) groups excluding carboxylic acids is 3. The highest BCUT2D eigenvalue weighted by Crippen LogP contribution is 2.37. The van der Waals surface area contributed by atoms with Crippen molar-refractivity contribution in [1.29, 1.82) is 0 Å². The lowest BCUT2D eigenvalue weighted by molar-refractivity contribution is -0.140. The van der Waals surface area contributed by atoms with E-state index in [9.17, 15) is 18.8 Å². The average Bonchev–Trinajstić information content (AvgIpc) is 2.80. The van der Waals surface area contributed by atoms with Gasteiger partial charge in [0.05, 0.1) is 18.7 Å². The molecular formula is C27H31FN2O4. The van der Waals surface area contributed by atoms with Gasteiger partial charge in [-0.05, 0) is 55.2 Å². The SMILES string of the molecule is CCOC(=O)C1=C(C)N(Cc2ccc(C(=O)NCC(C)C)cc2)C(=O)CC1c1ccc(F)cc1. The van der Waals surface area contributed by atoms with E-state index < -0.39 is 11.9 Å². The van der Waals surface area contributed by atoms with Crippen LogP contribution in [0.25, 0.3) is 0 Å². The summed E-state index contributed by atoms with van der Waals surface area (Å²) in [6.07, 6.45) is 0.0762. The Morgan fingerprint density at radius 1 is 1.12 bits per heavy atom.